The van der Waals surface area contributed by atoms with Crippen LogP contribution in [0.25, 0.3) is 6.08 Å². The van der Waals surface area contributed by atoms with E-state index in [0.717, 1.165) is 41.2 Å². The fourth-order valence-corrected chi connectivity index (χ4v) is 6.45. The Bertz CT molecular complexity index is 1390. The molecule has 1 saturated heterocycles. The van der Waals surface area contributed by atoms with Gasteiger partial charge < -0.3 is 9.47 Å². The molecule has 2 fully saturated rings. The highest BCUT2D eigenvalue weighted by Gasteiger charge is 2.41. The number of benzene rings is 3. The van der Waals surface area contributed by atoms with Crippen LogP contribution >= 0.6 is 35.0 Å². The standard InChI is InChI=1S/C31H30Cl2N2O3S/c1-20-8-6-7-11-26(20)35-30(36)28(39-31(35)34-24-9-4-3-5-10-24)18-22-16-25(33)29(27(17-22)37-2)38-19-21-12-14-23(32)15-13-21/h3-5,9-10,12-18,20,26H,6-8,11,19H2,1-2H3/b28-18-,34-31?/t20-,26+/m0/s1. The molecule has 3 aromatic carbocycles. The first-order chi connectivity index (χ1) is 18.9. The van der Waals surface area contributed by atoms with Gasteiger partial charge >= 0.3 is 0 Å². The number of ether oxygens (including phenoxy) is 2. The van der Waals surface area contributed by atoms with Gasteiger partial charge in [-0.05, 0) is 84.1 Å². The van der Waals surface area contributed by atoms with Crippen LogP contribution < -0.4 is 9.47 Å². The average Bonchev–Trinajstić information content (AvgIpc) is 3.23. The third-order valence-corrected chi connectivity index (χ3v) is 8.58. The van der Waals surface area contributed by atoms with Crippen molar-refractivity contribution < 1.29 is 14.3 Å². The first-order valence-corrected chi connectivity index (χ1v) is 14.6. The van der Waals surface area contributed by atoms with Gasteiger partial charge in [0.2, 0.25) is 0 Å². The Labute approximate surface area is 243 Å². The summed E-state index contributed by atoms with van der Waals surface area (Å²) in [6.45, 7) is 2.55. The SMILES string of the molecule is COc1cc(/C=C2\SC(=Nc3ccccc3)N([C@@H]3CCCC[C@@H]3C)C2=O)cc(Cl)c1OCc1ccc(Cl)cc1. The van der Waals surface area contributed by atoms with Crippen LogP contribution in [0.15, 0.2) is 76.6 Å². The van der Waals surface area contributed by atoms with Gasteiger partial charge in [0.1, 0.15) is 6.61 Å². The molecular weight excluding hydrogens is 551 g/mol. The maximum Gasteiger partial charge on any atom is 0.267 e. The third-order valence-electron chi connectivity index (χ3n) is 7.06. The van der Waals surface area contributed by atoms with E-state index in [1.807, 2.05) is 71.6 Å². The second kappa shape index (κ2) is 12.5. The lowest BCUT2D eigenvalue weighted by Gasteiger charge is -2.35. The number of amidine groups is 1. The molecule has 0 N–H and O–H groups in total. The summed E-state index contributed by atoms with van der Waals surface area (Å²) < 4.78 is 11.6. The molecule has 0 unspecified atom stereocenters. The van der Waals surface area contributed by atoms with Crippen molar-refractivity contribution in [3.63, 3.8) is 0 Å². The Morgan fingerprint density at radius 3 is 2.51 bits per heavy atom. The van der Waals surface area contributed by atoms with Gasteiger partial charge in [0.05, 0.1) is 22.7 Å². The summed E-state index contributed by atoms with van der Waals surface area (Å²) >= 11 is 14.0. The molecule has 0 spiro atoms. The molecule has 5 rings (SSSR count). The van der Waals surface area contributed by atoms with Crippen LogP contribution in [0.5, 0.6) is 11.5 Å². The number of thioether (sulfide) groups is 1. The van der Waals surface area contributed by atoms with E-state index < -0.39 is 0 Å². The summed E-state index contributed by atoms with van der Waals surface area (Å²) in [6.07, 6.45) is 6.27. The molecule has 1 amide bonds. The molecule has 39 heavy (non-hydrogen) atoms. The molecule has 0 radical (unpaired) electrons. The minimum atomic E-state index is -0.0217. The number of methoxy groups -OCH3 is 1. The zero-order valence-electron chi connectivity index (χ0n) is 21.9. The topological polar surface area (TPSA) is 51.1 Å². The predicted octanol–water partition coefficient (Wildman–Crippen LogP) is 8.76. The van der Waals surface area contributed by atoms with Gasteiger partial charge in [0.25, 0.3) is 5.91 Å². The van der Waals surface area contributed by atoms with Crippen LogP contribution in [0, 0.1) is 5.92 Å². The van der Waals surface area contributed by atoms with Crippen molar-refractivity contribution >= 4 is 57.8 Å². The molecule has 1 aliphatic carbocycles. The van der Waals surface area contributed by atoms with Gasteiger partial charge in [-0.1, -0.05) is 73.3 Å². The number of carbonyl (C=O) groups excluding carboxylic acids is 1. The van der Waals surface area contributed by atoms with Crippen LogP contribution in [0.1, 0.15) is 43.7 Å². The van der Waals surface area contributed by atoms with E-state index in [1.54, 1.807) is 13.2 Å². The highest BCUT2D eigenvalue weighted by molar-refractivity contribution is 8.18. The average molecular weight is 582 g/mol. The molecule has 0 aromatic heterocycles. The minimum absolute atomic E-state index is 0.0217. The van der Waals surface area contributed by atoms with Crippen LogP contribution in [0.2, 0.25) is 10.0 Å². The fraction of sp³-hybridized carbons (Fsp3) is 0.290. The van der Waals surface area contributed by atoms with Crippen molar-refractivity contribution in [3.8, 4) is 11.5 Å². The van der Waals surface area contributed by atoms with Gasteiger partial charge in [0.15, 0.2) is 16.7 Å². The van der Waals surface area contributed by atoms with Crippen molar-refractivity contribution in [2.45, 2.75) is 45.3 Å². The molecule has 202 valence electrons. The summed E-state index contributed by atoms with van der Waals surface area (Å²) in [6, 6.07) is 21.0. The van der Waals surface area contributed by atoms with E-state index in [2.05, 4.69) is 6.92 Å². The number of aliphatic imine (C=N–C) groups is 1. The Morgan fingerprint density at radius 1 is 1.05 bits per heavy atom. The molecule has 8 heteroatoms. The Hall–Kier alpha value is -2.93. The van der Waals surface area contributed by atoms with Gasteiger partial charge in [-0.3, -0.25) is 9.69 Å². The zero-order valence-corrected chi connectivity index (χ0v) is 24.2. The second-order valence-corrected chi connectivity index (χ2v) is 11.6. The lowest BCUT2D eigenvalue weighted by atomic mass is 9.85. The lowest BCUT2D eigenvalue weighted by Crippen LogP contribution is -2.44. The molecule has 3 aromatic rings. The van der Waals surface area contributed by atoms with Gasteiger partial charge in [-0.2, -0.15) is 0 Å². The smallest absolute Gasteiger partial charge is 0.267 e. The van der Waals surface area contributed by atoms with E-state index in [0.29, 0.717) is 39.0 Å². The maximum absolute atomic E-state index is 13.8. The Morgan fingerprint density at radius 2 is 1.79 bits per heavy atom. The molecule has 5 nitrogen and oxygen atoms in total. The van der Waals surface area contributed by atoms with Crippen molar-refractivity contribution in [1.29, 1.82) is 0 Å². The van der Waals surface area contributed by atoms with E-state index in [4.69, 9.17) is 37.7 Å². The van der Waals surface area contributed by atoms with Crippen molar-refractivity contribution in [3.05, 3.63) is 92.8 Å². The number of hydrogen-bond donors (Lipinski definition) is 0. The van der Waals surface area contributed by atoms with Crippen molar-refractivity contribution in [2.75, 3.05) is 7.11 Å². The first kappa shape index (κ1) is 27.6. The quantitative estimate of drug-likeness (QED) is 0.262. The molecule has 2 atom stereocenters. The normalized spacial score (nSPS) is 21.5. The van der Waals surface area contributed by atoms with Gasteiger partial charge in [-0.15, -0.1) is 0 Å². The van der Waals surface area contributed by atoms with Crippen LogP contribution in [-0.2, 0) is 11.4 Å². The summed E-state index contributed by atoms with van der Waals surface area (Å²) in [5, 5.41) is 1.79. The second-order valence-electron chi connectivity index (χ2n) is 9.79. The first-order valence-electron chi connectivity index (χ1n) is 13.0. The molecule has 1 aliphatic heterocycles. The number of carbonyl (C=O) groups is 1. The van der Waals surface area contributed by atoms with Gasteiger partial charge in [-0.25, -0.2) is 4.99 Å². The molecule has 1 heterocycles. The largest absolute Gasteiger partial charge is 0.493 e. The number of halogens is 2. The Balaban J connectivity index is 1.44. The van der Waals surface area contributed by atoms with Crippen LogP contribution in [0.4, 0.5) is 5.69 Å². The van der Waals surface area contributed by atoms with Gasteiger partial charge in [0, 0.05) is 11.1 Å². The van der Waals surface area contributed by atoms with Crippen LogP contribution in [-0.4, -0.2) is 29.1 Å². The summed E-state index contributed by atoms with van der Waals surface area (Å²) in [4.78, 5) is 21.2. The minimum Gasteiger partial charge on any atom is -0.493 e. The molecule has 0 bridgehead atoms. The summed E-state index contributed by atoms with van der Waals surface area (Å²) in [5.41, 5.74) is 2.54. The van der Waals surface area contributed by atoms with Crippen molar-refractivity contribution in [2.24, 2.45) is 10.9 Å². The Kier molecular flexibility index (Phi) is 8.85. The summed E-state index contributed by atoms with van der Waals surface area (Å²) in [5.74, 6) is 1.34. The number of amides is 1. The number of hydrogen-bond acceptors (Lipinski definition) is 5. The van der Waals surface area contributed by atoms with E-state index in [-0.39, 0.29) is 11.9 Å². The molecule has 1 saturated carbocycles. The predicted molar refractivity (Wildman–Crippen MR) is 161 cm³/mol. The zero-order chi connectivity index (χ0) is 27.4. The summed E-state index contributed by atoms with van der Waals surface area (Å²) in [7, 11) is 1.57. The van der Waals surface area contributed by atoms with E-state index >= 15 is 0 Å². The molecular formula is C31H30Cl2N2O3S. The number of nitrogens with zero attached hydrogens (tertiary/aromatic N) is 2. The number of rotatable bonds is 7. The highest BCUT2D eigenvalue weighted by Crippen LogP contribution is 2.42. The monoisotopic (exact) mass is 580 g/mol. The van der Waals surface area contributed by atoms with Crippen molar-refractivity contribution in [1.82, 2.24) is 4.90 Å². The van der Waals surface area contributed by atoms with E-state index in [1.165, 1.54) is 18.2 Å². The third kappa shape index (κ3) is 6.46. The fourth-order valence-electron chi connectivity index (χ4n) is 5.00. The van der Waals surface area contributed by atoms with E-state index in [9.17, 15) is 4.79 Å². The number of para-hydroxylation sites is 1. The highest BCUT2D eigenvalue weighted by atomic mass is 35.5. The molecule has 2 aliphatic rings. The lowest BCUT2D eigenvalue weighted by molar-refractivity contribution is -0.124. The van der Waals surface area contributed by atoms with Crippen LogP contribution in [0.3, 0.4) is 0 Å². The maximum atomic E-state index is 13.8.